The average molecular weight is 310 g/mol. The fourth-order valence-electron chi connectivity index (χ4n) is 2.81. The minimum atomic E-state index is -0.773. The van der Waals surface area contributed by atoms with Gasteiger partial charge in [0.15, 0.2) is 11.9 Å². The largest absolute Gasteiger partial charge is 0.497 e. The molecule has 6 heteroatoms. The monoisotopic (exact) mass is 310 g/mol. The molecular formula is C16H22O6. The highest BCUT2D eigenvalue weighted by molar-refractivity contribution is 5.31. The fourth-order valence-corrected chi connectivity index (χ4v) is 2.81. The molecule has 2 aliphatic heterocycles. The summed E-state index contributed by atoms with van der Waals surface area (Å²) in [6.07, 6.45) is -2.74. The molecule has 122 valence electrons. The van der Waals surface area contributed by atoms with Gasteiger partial charge >= 0.3 is 0 Å². The molecule has 2 saturated heterocycles. The summed E-state index contributed by atoms with van der Waals surface area (Å²) in [5, 5.41) is 10.2. The predicted molar refractivity (Wildman–Crippen MR) is 77.8 cm³/mol. The van der Waals surface area contributed by atoms with Gasteiger partial charge in [0.25, 0.3) is 0 Å². The van der Waals surface area contributed by atoms with Crippen LogP contribution in [0.15, 0.2) is 24.3 Å². The van der Waals surface area contributed by atoms with Crippen molar-refractivity contribution in [3.8, 4) is 11.5 Å². The van der Waals surface area contributed by atoms with Crippen LogP contribution in [0.3, 0.4) is 0 Å². The summed E-state index contributed by atoms with van der Waals surface area (Å²) in [4.78, 5) is 0. The lowest BCUT2D eigenvalue weighted by Crippen LogP contribution is -2.56. The van der Waals surface area contributed by atoms with E-state index in [9.17, 15) is 5.11 Å². The van der Waals surface area contributed by atoms with Crippen molar-refractivity contribution in [1.29, 1.82) is 0 Å². The summed E-state index contributed by atoms with van der Waals surface area (Å²) in [5.41, 5.74) is 0. The number of benzene rings is 1. The van der Waals surface area contributed by atoms with Crippen LogP contribution in [0.25, 0.3) is 0 Å². The van der Waals surface area contributed by atoms with Gasteiger partial charge in [-0.2, -0.15) is 0 Å². The van der Waals surface area contributed by atoms with Gasteiger partial charge < -0.3 is 28.8 Å². The van der Waals surface area contributed by atoms with E-state index in [1.54, 1.807) is 26.2 Å². The Labute approximate surface area is 129 Å². The summed E-state index contributed by atoms with van der Waals surface area (Å²) in [6, 6.07) is 7.22. The lowest BCUT2D eigenvalue weighted by atomic mass is 10.00. The van der Waals surface area contributed by atoms with Gasteiger partial charge in [-0.25, -0.2) is 0 Å². The lowest BCUT2D eigenvalue weighted by molar-refractivity contribution is -0.241. The Hall–Kier alpha value is -1.34. The van der Waals surface area contributed by atoms with Gasteiger partial charge in [-0.15, -0.1) is 0 Å². The molecule has 0 radical (unpaired) electrons. The second-order valence-corrected chi connectivity index (χ2v) is 6.06. The van der Waals surface area contributed by atoms with Crippen LogP contribution in [0, 0.1) is 0 Å². The lowest BCUT2D eigenvalue weighted by Gasteiger charge is -2.38. The number of fused-ring (bicyclic) bond motifs is 1. The number of hydrogen-bond donors (Lipinski definition) is 1. The summed E-state index contributed by atoms with van der Waals surface area (Å²) in [6.45, 7) is 5.42. The number of aliphatic hydroxyl groups excluding tert-OH is 1. The third kappa shape index (κ3) is 2.92. The zero-order chi connectivity index (χ0) is 15.9. The van der Waals surface area contributed by atoms with E-state index in [0.29, 0.717) is 5.75 Å². The molecule has 5 atom stereocenters. The van der Waals surface area contributed by atoms with Gasteiger partial charge in [0.1, 0.15) is 23.7 Å². The van der Waals surface area contributed by atoms with Crippen LogP contribution in [0.4, 0.5) is 0 Å². The number of methoxy groups -OCH3 is 1. The van der Waals surface area contributed by atoms with E-state index in [1.165, 1.54) is 0 Å². The van der Waals surface area contributed by atoms with E-state index in [1.807, 2.05) is 26.0 Å². The Morgan fingerprint density at radius 3 is 2.27 bits per heavy atom. The summed E-state index contributed by atoms with van der Waals surface area (Å²) in [5.74, 6) is 0.618. The summed E-state index contributed by atoms with van der Waals surface area (Å²) < 4.78 is 28.4. The molecule has 22 heavy (non-hydrogen) atoms. The normalized spacial score (nSPS) is 36.7. The first-order chi connectivity index (χ1) is 10.4. The second-order valence-electron chi connectivity index (χ2n) is 6.06. The molecule has 3 rings (SSSR count). The Kier molecular flexibility index (Phi) is 4.03. The molecule has 2 fully saturated rings. The predicted octanol–water partition coefficient (Wildman–Crippen LogP) is 1.70. The molecule has 6 nitrogen and oxygen atoms in total. The van der Waals surface area contributed by atoms with Crippen LogP contribution in [0.2, 0.25) is 0 Å². The number of hydrogen-bond acceptors (Lipinski definition) is 6. The van der Waals surface area contributed by atoms with Crippen molar-refractivity contribution in [2.24, 2.45) is 0 Å². The maximum absolute atomic E-state index is 10.2. The summed E-state index contributed by atoms with van der Waals surface area (Å²) >= 11 is 0. The van der Waals surface area contributed by atoms with Gasteiger partial charge in [0, 0.05) is 0 Å². The Morgan fingerprint density at radius 1 is 1.05 bits per heavy atom. The number of aliphatic hydroxyl groups is 1. The molecular weight excluding hydrogens is 288 g/mol. The van der Waals surface area contributed by atoms with Crippen molar-refractivity contribution in [3.05, 3.63) is 24.3 Å². The number of rotatable bonds is 3. The van der Waals surface area contributed by atoms with Crippen LogP contribution in [0.5, 0.6) is 11.5 Å². The Balaban J connectivity index is 1.77. The van der Waals surface area contributed by atoms with Gasteiger partial charge in [0.05, 0.1) is 13.2 Å². The highest BCUT2D eigenvalue weighted by Gasteiger charge is 2.54. The van der Waals surface area contributed by atoms with Crippen molar-refractivity contribution < 1.29 is 28.8 Å². The standard InChI is InChI=1S/C16H22O6/c1-9-12(17)13-14(22-16(2,3)21-13)15(19-9)20-11-7-5-10(18-4)6-8-11/h5-9,12-15,17H,1-4H3. The van der Waals surface area contributed by atoms with Gasteiger partial charge in [-0.05, 0) is 45.0 Å². The fraction of sp³-hybridized carbons (Fsp3) is 0.625. The molecule has 5 unspecified atom stereocenters. The van der Waals surface area contributed by atoms with Crippen molar-refractivity contribution in [1.82, 2.24) is 0 Å². The molecule has 1 N–H and O–H groups in total. The molecule has 2 aliphatic rings. The van der Waals surface area contributed by atoms with E-state index < -0.39 is 36.5 Å². The maximum Gasteiger partial charge on any atom is 0.229 e. The smallest absolute Gasteiger partial charge is 0.229 e. The molecule has 0 saturated carbocycles. The van der Waals surface area contributed by atoms with Crippen LogP contribution < -0.4 is 9.47 Å². The topological polar surface area (TPSA) is 66.4 Å². The Bertz CT molecular complexity index is 514. The minimum absolute atomic E-state index is 0.401. The van der Waals surface area contributed by atoms with Gasteiger partial charge in [-0.3, -0.25) is 0 Å². The zero-order valence-corrected chi connectivity index (χ0v) is 13.2. The van der Waals surface area contributed by atoms with Gasteiger partial charge in [-0.1, -0.05) is 0 Å². The molecule has 2 heterocycles. The molecule has 0 bridgehead atoms. The second kappa shape index (κ2) is 5.70. The zero-order valence-electron chi connectivity index (χ0n) is 13.2. The minimum Gasteiger partial charge on any atom is -0.497 e. The maximum atomic E-state index is 10.2. The van der Waals surface area contributed by atoms with E-state index in [2.05, 4.69) is 0 Å². The molecule has 0 aliphatic carbocycles. The molecule has 0 amide bonds. The van der Waals surface area contributed by atoms with Gasteiger partial charge in [0.2, 0.25) is 6.29 Å². The van der Waals surface area contributed by atoms with Crippen molar-refractivity contribution in [2.75, 3.05) is 7.11 Å². The molecule has 0 aromatic heterocycles. The van der Waals surface area contributed by atoms with E-state index in [0.717, 1.165) is 5.75 Å². The summed E-state index contributed by atoms with van der Waals surface area (Å²) in [7, 11) is 1.61. The third-order valence-corrected chi connectivity index (χ3v) is 3.91. The molecule has 1 aromatic rings. The van der Waals surface area contributed by atoms with Crippen molar-refractivity contribution >= 4 is 0 Å². The highest BCUT2D eigenvalue weighted by Crippen LogP contribution is 2.38. The van der Waals surface area contributed by atoms with Crippen molar-refractivity contribution in [3.63, 3.8) is 0 Å². The number of ether oxygens (including phenoxy) is 5. The van der Waals surface area contributed by atoms with Crippen LogP contribution in [-0.2, 0) is 14.2 Å². The molecule has 1 aromatic carbocycles. The quantitative estimate of drug-likeness (QED) is 0.916. The van der Waals surface area contributed by atoms with Crippen LogP contribution >= 0.6 is 0 Å². The first-order valence-electron chi connectivity index (χ1n) is 7.39. The SMILES string of the molecule is COc1ccc(OC2OC(C)C(O)C3OC(C)(C)OC23)cc1. The first kappa shape index (κ1) is 15.6. The van der Waals surface area contributed by atoms with E-state index in [4.69, 9.17) is 23.7 Å². The molecule has 0 spiro atoms. The highest BCUT2D eigenvalue weighted by atomic mass is 16.8. The third-order valence-electron chi connectivity index (χ3n) is 3.91. The first-order valence-corrected chi connectivity index (χ1v) is 7.39. The van der Waals surface area contributed by atoms with Crippen molar-refractivity contribution in [2.45, 2.75) is 57.3 Å². The van der Waals surface area contributed by atoms with Crippen LogP contribution in [0.1, 0.15) is 20.8 Å². The Morgan fingerprint density at radius 2 is 1.64 bits per heavy atom. The average Bonchev–Trinajstić information content (AvgIpc) is 2.81. The van der Waals surface area contributed by atoms with E-state index >= 15 is 0 Å². The van der Waals surface area contributed by atoms with Crippen LogP contribution in [-0.4, -0.2) is 48.7 Å². The van der Waals surface area contributed by atoms with E-state index in [-0.39, 0.29) is 0 Å².